The average Bonchev–Trinajstić information content (AvgIpc) is 3.26. The minimum absolute atomic E-state index is 0.320. The van der Waals surface area contributed by atoms with Crippen LogP contribution in [0.4, 0.5) is 15.8 Å². The van der Waals surface area contributed by atoms with Crippen LogP contribution < -0.4 is 9.96 Å². The molecule has 2 fully saturated rings. The molecule has 3 aromatic carbocycles. The van der Waals surface area contributed by atoms with Gasteiger partial charge in [-0.05, 0) is 42.0 Å². The number of imide groups is 1. The Labute approximate surface area is 166 Å². The number of hydroxylamine groups is 1. The first-order chi connectivity index (χ1) is 14.1. The average molecular weight is 388 g/mol. The van der Waals surface area contributed by atoms with Gasteiger partial charge in [-0.2, -0.15) is 0 Å². The summed E-state index contributed by atoms with van der Waals surface area (Å²) < 4.78 is 13.5. The molecule has 2 heterocycles. The first-order valence-corrected chi connectivity index (χ1v) is 9.34. The number of amides is 2. The molecule has 2 aliphatic heterocycles. The van der Waals surface area contributed by atoms with Crippen LogP contribution in [0, 0.1) is 11.7 Å². The molecular weight excluding hydrogens is 371 g/mol. The minimum atomic E-state index is -0.932. The molecule has 0 N–H and O–H groups in total. The van der Waals surface area contributed by atoms with E-state index >= 15 is 0 Å². The lowest BCUT2D eigenvalue weighted by Gasteiger charge is -2.28. The Morgan fingerprint density at radius 2 is 1.31 bits per heavy atom. The molecule has 0 bridgehead atoms. The summed E-state index contributed by atoms with van der Waals surface area (Å²) in [5.74, 6) is -1.81. The first kappa shape index (κ1) is 17.6. The summed E-state index contributed by atoms with van der Waals surface area (Å²) in [4.78, 5) is 33.7. The fourth-order valence-electron chi connectivity index (χ4n) is 4.04. The van der Waals surface area contributed by atoms with Crippen molar-refractivity contribution >= 4 is 23.2 Å². The molecule has 0 aromatic heterocycles. The lowest BCUT2D eigenvalue weighted by molar-refractivity contribution is -0.126. The zero-order chi connectivity index (χ0) is 20.0. The quantitative estimate of drug-likeness (QED) is 0.639. The van der Waals surface area contributed by atoms with Gasteiger partial charge in [0.25, 0.3) is 5.91 Å². The third-order valence-electron chi connectivity index (χ3n) is 5.35. The fraction of sp³-hybridized carbons (Fsp3) is 0.130. The molecule has 29 heavy (non-hydrogen) atoms. The Hall–Kier alpha value is -3.51. The smallest absolute Gasteiger partial charge is 0.266 e. The van der Waals surface area contributed by atoms with Crippen molar-refractivity contribution < 1.29 is 18.8 Å². The molecule has 3 aromatic rings. The van der Waals surface area contributed by atoms with Crippen LogP contribution in [0.3, 0.4) is 0 Å². The van der Waals surface area contributed by atoms with Crippen LogP contribution in [0.5, 0.6) is 0 Å². The topological polar surface area (TPSA) is 49.9 Å². The van der Waals surface area contributed by atoms with Crippen molar-refractivity contribution in [2.24, 2.45) is 5.92 Å². The van der Waals surface area contributed by atoms with Gasteiger partial charge in [-0.25, -0.2) is 14.4 Å². The summed E-state index contributed by atoms with van der Waals surface area (Å²) in [6.07, 6.45) is -0.932. The highest BCUT2D eigenvalue weighted by Crippen LogP contribution is 2.47. The van der Waals surface area contributed by atoms with Gasteiger partial charge in [0.15, 0.2) is 6.10 Å². The van der Waals surface area contributed by atoms with Gasteiger partial charge in [0.05, 0.1) is 17.4 Å². The van der Waals surface area contributed by atoms with Crippen LogP contribution in [0.15, 0.2) is 84.9 Å². The van der Waals surface area contributed by atoms with E-state index in [2.05, 4.69) is 0 Å². The number of carbonyl (C=O) groups excluding carboxylic acids is 2. The highest BCUT2D eigenvalue weighted by Gasteiger charge is 2.60. The number of hydrogen-bond acceptors (Lipinski definition) is 4. The molecule has 0 aliphatic carbocycles. The Kier molecular flexibility index (Phi) is 4.14. The minimum Gasteiger partial charge on any atom is -0.273 e. The predicted molar refractivity (Wildman–Crippen MR) is 105 cm³/mol. The van der Waals surface area contributed by atoms with Crippen LogP contribution >= 0.6 is 0 Å². The summed E-state index contributed by atoms with van der Waals surface area (Å²) in [6.45, 7) is 0. The van der Waals surface area contributed by atoms with Crippen molar-refractivity contribution in [2.45, 2.75) is 12.1 Å². The van der Waals surface area contributed by atoms with E-state index in [0.717, 1.165) is 5.69 Å². The molecule has 6 heteroatoms. The second-order valence-corrected chi connectivity index (χ2v) is 7.06. The van der Waals surface area contributed by atoms with Gasteiger partial charge in [-0.1, -0.05) is 48.5 Å². The zero-order valence-corrected chi connectivity index (χ0v) is 15.3. The van der Waals surface area contributed by atoms with Crippen molar-refractivity contribution in [3.63, 3.8) is 0 Å². The molecule has 2 saturated heterocycles. The largest absolute Gasteiger partial charge is 0.273 e. The number of benzene rings is 3. The molecular formula is C23H17FN2O3. The number of hydrogen-bond donors (Lipinski definition) is 0. The molecule has 5 nitrogen and oxygen atoms in total. The molecule has 3 atom stereocenters. The molecule has 0 spiro atoms. The van der Waals surface area contributed by atoms with Gasteiger partial charge >= 0.3 is 0 Å². The van der Waals surface area contributed by atoms with E-state index in [4.69, 9.17) is 4.84 Å². The number of halogens is 1. The van der Waals surface area contributed by atoms with Crippen molar-refractivity contribution in [2.75, 3.05) is 9.96 Å². The van der Waals surface area contributed by atoms with E-state index in [1.54, 1.807) is 41.5 Å². The van der Waals surface area contributed by atoms with Gasteiger partial charge in [-0.3, -0.25) is 14.4 Å². The Balaban J connectivity index is 1.59. The van der Waals surface area contributed by atoms with E-state index in [9.17, 15) is 14.0 Å². The van der Waals surface area contributed by atoms with Crippen LogP contribution in [-0.4, -0.2) is 17.9 Å². The summed E-state index contributed by atoms with van der Waals surface area (Å²) >= 11 is 0. The number of nitrogens with zero attached hydrogens (tertiary/aromatic N) is 2. The summed E-state index contributed by atoms with van der Waals surface area (Å²) in [7, 11) is 0. The number of rotatable bonds is 3. The molecule has 5 rings (SSSR count). The van der Waals surface area contributed by atoms with Gasteiger partial charge in [0.2, 0.25) is 5.91 Å². The Morgan fingerprint density at radius 3 is 1.93 bits per heavy atom. The molecule has 144 valence electrons. The first-order valence-electron chi connectivity index (χ1n) is 9.34. The fourth-order valence-corrected chi connectivity index (χ4v) is 4.04. The maximum Gasteiger partial charge on any atom is 0.266 e. The third-order valence-corrected chi connectivity index (χ3v) is 5.35. The summed E-state index contributed by atoms with van der Waals surface area (Å²) in [5, 5.41) is 1.60. The normalized spacial score (nSPS) is 23.6. The van der Waals surface area contributed by atoms with Gasteiger partial charge < -0.3 is 0 Å². The van der Waals surface area contributed by atoms with Crippen LogP contribution in [0.25, 0.3) is 0 Å². The second-order valence-electron chi connectivity index (χ2n) is 7.06. The molecule has 2 amide bonds. The van der Waals surface area contributed by atoms with Gasteiger partial charge in [0, 0.05) is 0 Å². The van der Waals surface area contributed by atoms with Gasteiger partial charge in [0.1, 0.15) is 11.7 Å². The van der Waals surface area contributed by atoms with Crippen LogP contribution in [0.1, 0.15) is 11.6 Å². The number of anilines is 2. The van der Waals surface area contributed by atoms with E-state index in [1.807, 2.05) is 36.4 Å². The maximum absolute atomic E-state index is 13.5. The SMILES string of the molecule is O=C1C2ON(c3ccccc3)C(c3ccc(F)cc3)C2C(=O)N1c1ccccc1. The Bertz CT molecular complexity index is 1060. The summed E-state index contributed by atoms with van der Waals surface area (Å²) in [6, 6.07) is 23.5. The number of carbonyl (C=O) groups is 2. The zero-order valence-electron chi connectivity index (χ0n) is 15.3. The van der Waals surface area contributed by atoms with E-state index in [0.29, 0.717) is 11.3 Å². The lowest BCUT2D eigenvalue weighted by Crippen LogP contribution is -2.37. The van der Waals surface area contributed by atoms with E-state index in [-0.39, 0.29) is 11.7 Å². The lowest BCUT2D eigenvalue weighted by atomic mass is 9.90. The Morgan fingerprint density at radius 1 is 0.724 bits per heavy atom. The maximum atomic E-state index is 13.5. The highest BCUT2D eigenvalue weighted by atomic mass is 19.1. The highest BCUT2D eigenvalue weighted by molar-refractivity contribution is 6.23. The molecule has 0 saturated carbocycles. The van der Waals surface area contributed by atoms with Crippen molar-refractivity contribution in [1.29, 1.82) is 0 Å². The molecule has 0 radical (unpaired) electrons. The van der Waals surface area contributed by atoms with Crippen LogP contribution in [-0.2, 0) is 14.4 Å². The number of fused-ring (bicyclic) bond motifs is 1. The van der Waals surface area contributed by atoms with Gasteiger partial charge in [-0.15, -0.1) is 0 Å². The van der Waals surface area contributed by atoms with Crippen molar-refractivity contribution in [3.05, 3.63) is 96.3 Å². The van der Waals surface area contributed by atoms with Crippen LogP contribution in [0.2, 0.25) is 0 Å². The predicted octanol–water partition coefficient (Wildman–Crippen LogP) is 3.88. The third kappa shape index (κ3) is 2.80. The molecule has 2 aliphatic rings. The summed E-state index contributed by atoms with van der Waals surface area (Å²) in [5.41, 5.74) is 1.95. The van der Waals surface area contributed by atoms with E-state index < -0.39 is 24.0 Å². The second kappa shape index (κ2) is 6.83. The van der Waals surface area contributed by atoms with Crippen molar-refractivity contribution in [3.8, 4) is 0 Å². The van der Waals surface area contributed by atoms with Crippen molar-refractivity contribution in [1.82, 2.24) is 0 Å². The standard InChI is InChI=1S/C23H17FN2O3/c24-16-13-11-15(12-14-16)20-19-21(29-26(20)18-9-5-2-6-10-18)23(28)25(22(19)27)17-7-3-1-4-8-17/h1-14,19-21H. The number of para-hydroxylation sites is 2. The monoisotopic (exact) mass is 388 g/mol. The molecule has 3 unspecified atom stereocenters. The van der Waals surface area contributed by atoms with E-state index in [1.165, 1.54) is 17.0 Å².